The summed E-state index contributed by atoms with van der Waals surface area (Å²) in [6.45, 7) is 9.82. The van der Waals surface area contributed by atoms with Gasteiger partial charge in [-0.25, -0.2) is 9.67 Å². The number of hydrogen-bond donors (Lipinski definition) is 0. The average Bonchev–Trinajstić information content (AvgIpc) is 3.20. The predicted octanol–water partition coefficient (Wildman–Crippen LogP) is 1.12. The first-order valence-corrected chi connectivity index (χ1v) is 8.32. The molecule has 0 bridgehead atoms. The van der Waals surface area contributed by atoms with Crippen LogP contribution in [0.5, 0.6) is 0 Å². The van der Waals surface area contributed by atoms with Crippen molar-refractivity contribution in [1.29, 1.82) is 0 Å². The Morgan fingerprint density at radius 3 is 2.58 bits per heavy atom. The molecule has 3 heterocycles. The van der Waals surface area contributed by atoms with Crippen molar-refractivity contribution in [2.45, 2.75) is 33.4 Å². The van der Waals surface area contributed by atoms with Crippen molar-refractivity contribution >= 4 is 5.91 Å². The minimum atomic E-state index is -0.294. The molecule has 0 aromatic carbocycles. The van der Waals surface area contributed by atoms with Gasteiger partial charge in [0.25, 0.3) is 0 Å². The lowest BCUT2D eigenvalue weighted by molar-refractivity contribution is -0.138. The highest BCUT2D eigenvalue weighted by molar-refractivity contribution is 5.80. The maximum Gasteiger partial charge on any atom is 0.247 e. The van der Waals surface area contributed by atoms with Crippen LogP contribution in [0.4, 0.5) is 0 Å². The molecule has 2 aromatic heterocycles. The summed E-state index contributed by atoms with van der Waals surface area (Å²) in [5.74, 6) is 1.11. The van der Waals surface area contributed by atoms with Gasteiger partial charge in [-0.2, -0.15) is 5.10 Å². The Balaban J connectivity index is 1.58. The number of aromatic nitrogens is 4. The van der Waals surface area contributed by atoms with Crippen LogP contribution in [0, 0.1) is 12.8 Å². The molecule has 0 spiro atoms. The molecule has 24 heavy (non-hydrogen) atoms. The SMILES string of the molecule is Cc1cc(CN2CCN(C(=O)C(C(C)C)n3cncn3)CC2)no1. The molecule has 0 N–H and O–H groups in total. The summed E-state index contributed by atoms with van der Waals surface area (Å²) < 4.78 is 6.77. The fraction of sp³-hybridized carbons (Fsp3) is 0.625. The van der Waals surface area contributed by atoms with Gasteiger partial charge in [-0.05, 0) is 12.8 Å². The number of carbonyl (C=O) groups excluding carboxylic acids is 1. The molecule has 1 aliphatic heterocycles. The van der Waals surface area contributed by atoms with Crippen LogP contribution in [-0.4, -0.2) is 61.8 Å². The maximum absolute atomic E-state index is 12.9. The van der Waals surface area contributed by atoms with Gasteiger partial charge in [0.1, 0.15) is 24.5 Å². The summed E-state index contributed by atoms with van der Waals surface area (Å²) in [5.41, 5.74) is 0.940. The lowest BCUT2D eigenvalue weighted by Crippen LogP contribution is -2.51. The summed E-state index contributed by atoms with van der Waals surface area (Å²) in [6.07, 6.45) is 3.09. The normalized spacial score (nSPS) is 17.4. The highest BCUT2D eigenvalue weighted by Crippen LogP contribution is 2.20. The minimum absolute atomic E-state index is 0.118. The van der Waals surface area contributed by atoms with Crippen molar-refractivity contribution in [2.24, 2.45) is 5.92 Å². The van der Waals surface area contributed by atoms with Crippen LogP contribution in [0.25, 0.3) is 0 Å². The Labute approximate surface area is 141 Å². The standard InChI is InChI=1S/C16H24N6O2/c1-12(2)15(22-11-17-10-18-22)16(23)21-6-4-20(5-7-21)9-14-8-13(3)24-19-14/h8,10-12,15H,4-7,9H2,1-3H3. The third kappa shape index (κ3) is 3.64. The lowest BCUT2D eigenvalue weighted by Gasteiger charge is -2.36. The molecule has 1 atom stereocenters. The molecular formula is C16H24N6O2. The zero-order valence-electron chi connectivity index (χ0n) is 14.4. The van der Waals surface area contributed by atoms with Crippen LogP contribution in [0.15, 0.2) is 23.2 Å². The van der Waals surface area contributed by atoms with Crippen molar-refractivity contribution in [3.05, 3.63) is 30.2 Å². The highest BCUT2D eigenvalue weighted by Gasteiger charge is 2.31. The fourth-order valence-electron chi connectivity index (χ4n) is 3.10. The first-order chi connectivity index (χ1) is 11.5. The molecule has 3 rings (SSSR count). The smallest absolute Gasteiger partial charge is 0.247 e. The number of amides is 1. The number of piperazine rings is 1. The molecule has 1 fully saturated rings. The van der Waals surface area contributed by atoms with E-state index >= 15 is 0 Å². The van der Waals surface area contributed by atoms with E-state index in [9.17, 15) is 4.79 Å². The Morgan fingerprint density at radius 2 is 2.04 bits per heavy atom. The number of carbonyl (C=O) groups is 1. The fourth-order valence-corrected chi connectivity index (χ4v) is 3.10. The number of rotatable bonds is 5. The number of nitrogens with zero attached hydrogens (tertiary/aromatic N) is 6. The van der Waals surface area contributed by atoms with Crippen LogP contribution in [0.2, 0.25) is 0 Å². The average molecular weight is 332 g/mol. The van der Waals surface area contributed by atoms with Gasteiger partial charge in [0.05, 0.1) is 5.69 Å². The van der Waals surface area contributed by atoms with Crippen LogP contribution >= 0.6 is 0 Å². The molecular weight excluding hydrogens is 308 g/mol. The topological polar surface area (TPSA) is 80.3 Å². The predicted molar refractivity (Wildman–Crippen MR) is 87.0 cm³/mol. The molecule has 1 amide bonds. The van der Waals surface area contributed by atoms with Crippen molar-refractivity contribution in [2.75, 3.05) is 26.2 Å². The molecule has 8 heteroatoms. The van der Waals surface area contributed by atoms with Crippen LogP contribution in [0.3, 0.4) is 0 Å². The van der Waals surface area contributed by atoms with Crippen LogP contribution < -0.4 is 0 Å². The minimum Gasteiger partial charge on any atom is -0.361 e. The first kappa shape index (κ1) is 16.6. The molecule has 1 saturated heterocycles. The van der Waals surface area contributed by atoms with E-state index in [0.717, 1.165) is 31.1 Å². The maximum atomic E-state index is 12.9. The lowest BCUT2D eigenvalue weighted by atomic mass is 10.0. The molecule has 130 valence electrons. The Bertz CT molecular complexity index is 658. The first-order valence-electron chi connectivity index (χ1n) is 8.32. The van der Waals surface area contributed by atoms with E-state index in [1.165, 1.54) is 6.33 Å². The number of hydrogen-bond acceptors (Lipinski definition) is 6. The zero-order chi connectivity index (χ0) is 17.1. The Morgan fingerprint density at radius 1 is 1.29 bits per heavy atom. The molecule has 2 aromatic rings. The van der Waals surface area contributed by atoms with Gasteiger partial charge >= 0.3 is 0 Å². The second-order valence-corrected chi connectivity index (χ2v) is 6.59. The largest absolute Gasteiger partial charge is 0.361 e. The molecule has 8 nitrogen and oxygen atoms in total. The van der Waals surface area contributed by atoms with Gasteiger partial charge in [0.2, 0.25) is 5.91 Å². The van der Waals surface area contributed by atoms with Crippen molar-refractivity contribution in [3.63, 3.8) is 0 Å². The monoisotopic (exact) mass is 332 g/mol. The summed E-state index contributed by atoms with van der Waals surface area (Å²) in [6, 6.07) is 1.66. The van der Waals surface area contributed by atoms with Crippen LogP contribution in [-0.2, 0) is 11.3 Å². The van der Waals surface area contributed by atoms with E-state index in [0.29, 0.717) is 13.1 Å². The van der Waals surface area contributed by atoms with E-state index < -0.39 is 0 Å². The van der Waals surface area contributed by atoms with E-state index in [4.69, 9.17) is 4.52 Å². The van der Waals surface area contributed by atoms with Gasteiger partial charge < -0.3 is 9.42 Å². The number of aryl methyl sites for hydroxylation is 1. The second kappa shape index (κ2) is 7.12. The highest BCUT2D eigenvalue weighted by atomic mass is 16.5. The van der Waals surface area contributed by atoms with E-state index in [1.807, 2.05) is 31.7 Å². The summed E-state index contributed by atoms with van der Waals surface area (Å²) in [7, 11) is 0. The van der Waals surface area contributed by atoms with Gasteiger partial charge in [-0.3, -0.25) is 9.69 Å². The summed E-state index contributed by atoms with van der Waals surface area (Å²) >= 11 is 0. The quantitative estimate of drug-likeness (QED) is 0.816. The summed E-state index contributed by atoms with van der Waals surface area (Å²) in [5, 5.41) is 8.19. The van der Waals surface area contributed by atoms with Crippen molar-refractivity contribution in [3.8, 4) is 0 Å². The molecule has 0 aliphatic carbocycles. The Hall–Kier alpha value is -2.22. The third-order valence-electron chi connectivity index (χ3n) is 4.35. The van der Waals surface area contributed by atoms with E-state index in [2.05, 4.69) is 20.1 Å². The zero-order valence-corrected chi connectivity index (χ0v) is 14.4. The van der Waals surface area contributed by atoms with E-state index in [1.54, 1.807) is 11.0 Å². The van der Waals surface area contributed by atoms with Gasteiger partial charge in [-0.15, -0.1) is 0 Å². The van der Waals surface area contributed by atoms with Crippen LogP contribution in [0.1, 0.15) is 31.3 Å². The van der Waals surface area contributed by atoms with Gasteiger partial charge in [-0.1, -0.05) is 19.0 Å². The summed E-state index contributed by atoms with van der Waals surface area (Å²) in [4.78, 5) is 21.1. The Kier molecular flexibility index (Phi) is 4.94. The molecule has 0 saturated carbocycles. The van der Waals surface area contributed by atoms with Crippen molar-refractivity contribution in [1.82, 2.24) is 29.7 Å². The molecule has 0 radical (unpaired) electrons. The third-order valence-corrected chi connectivity index (χ3v) is 4.35. The van der Waals surface area contributed by atoms with Gasteiger partial charge in [0.15, 0.2) is 0 Å². The molecule has 1 unspecified atom stereocenters. The second-order valence-electron chi connectivity index (χ2n) is 6.59. The van der Waals surface area contributed by atoms with E-state index in [-0.39, 0.29) is 17.9 Å². The van der Waals surface area contributed by atoms with Crippen molar-refractivity contribution < 1.29 is 9.32 Å². The van der Waals surface area contributed by atoms with Gasteiger partial charge in [0, 0.05) is 38.8 Å². The molecule has 1 aliphatic rings.